The lowest BCUT2D eigenvalue weighted by atomic mass is 10.3. The number of likely N-dealkylation sites (N-methyl/N-ethyl adjacent to an activating group) is 1. The number of methoxy groups -OCH3 is 1. The van der Waals surface area contributed by atoms with Crippen LogP contribution in [0.15, 0.2) is 36.7 Å². The zero-order valence-electron chi connectivity index (χ0n) is 14.4. The van der Waals surface area contributed by atoms with Gasteiger partial charge in [-0.05, 0) is 19.2 Å². The minimum absolute atomic E-state index is 0.375. The van der Waals surface area contributed by atoms with Crippen LogP contribution < -0.4 is 20.3 Å². The second-order valence-corrected chi connectivity index (χ2v) is 5.84. The van der Waals surface area contributed by atoms with E-state index in [9.17, 15) is 4.79 Å². The first-order valence-corrected chi connectivity index (χ1v) is 8.12. The molecular weight excluding hydrogens is 320 g/mol. The number of nitrogens with one attached hydrogen (secondary N) is 2. The maximum Gasteiger partial charge on any atom is 0.323 e. The van der Waals surface area contributed by atoms with Crippen LogP contribution in [0.25, 0.3) is 0 Å². The van der Waals surface area contributed by atoms with Crippen LogP contribution in [0.3, 0.4) is 0 Å². The lowest BCUT2D eigenvalue weighted by Gasteiger charge is -2.32. The van der Waals surface area contributed by atoms with E-state index in [4.69, 9.17) is 4.74 Å². The number of piperazine rings is 1. The zero-order chi connectivity index (χ0) is 17.6. The number of nitrogens with zero attached hydrogens (tertiary/aromatic N) is 4. The van der Waals surface area contributed by atoms with Crippen molar-refractivity contribution in [3.63, 3.8) is 0 Å². The Hall–Kier alpha value is -2.87. The number of rotatable bonds is 4. The Labute approximate surface area is 146 Å². The van der Waals surface area contributed by atoms with Crippen LogP contribution in [0.5, 0.6) is 5.75 Å². The predicted octanol–water partition coefficient (Wildman–Crippen LogP) is 1.88. The van der Waals surface area contributed by atoms with Gasteiger partial charge >= 0.3 is 6.03 Å². The van der Waals surface area contributed by atoms with E-state index in [2.05, 4.69) is 37.4 Å². The number of hydrogen-bond donors (Lipinski definition) is 2. The Balaban J connectivity index is 1.58. The van der Waals surface area contributed by atoms with Crippen molar-refractivity contribution in [1.29, 1.82) is 0 Å². The van der Waals surface area contributed by atoms with Gasteiger partial charge in [-0.1, -0.05) is 12.1 Å². The third-order valence-corrected chi connectivity index (χ3v) is 4.04. The molecule has 1 aromatic heterocycles. The Morgan fingerprint density at radius 1 is 1.08 bits per heavy atom. The number of carbonyl (C=O) groups excluding carboxylic acids is 1. The van der Waals surface area contributed by atoms with E-state index in [1.54, 1.807) is 31.6 Å². The molecule has 1 fully saturated rings. The molecular formula is C17H22N6O2. The first-order chi connectivity index (χ1) is 12.2. The van der Waals surface area contributed by atoms with Crippen molar-refractivity contribution in [3.05, 3.63) is 36.7 Å². The molecule has 1 aliphatic heterocycles. The summed E-state index contributed by atoms with van der Waals surface area (Å²) in [4.78, 5) is 25.2. The van der Waals surface area contributed by atoms with Gasteiger partial charge < -0.3 is 25.2 Å². The first kappa shape index (κ1) is 17.0. The average molecular weight is 342 g/mol. The third kappa shape index (κ3) is 4.36. The molecule has 0 radical (unpaired) electrons. The number of aromatic nitrogens is 2. The smallest absolute Gasteiger partial charge is 0.323 e. The van der Waals surface area contributed by atoms with Gasteiger partial charge in [0.25, 0.3) is 0 Å². The highest BCUT2D eigenvalue weighted by molar-refractivity contribution is 6.00. The summed E-state index contributed by atoms with van der Waals surface area (Å²) >= 11 is 0. The molecule has 25 heavy (non-hydrogen) atoms. The van der Waals surface area contributed by atoms with Crippen molar-refractivity contribution in [2.45, 2.75) is 0 Å². The molecule has 0 bridgehead atoms. The third-order valence-electron chi connectivity index (χ3n) is 4.04. The van der Waals surface area contributed by atoms with Gasteiger partial charge in [-0.2, -0.15) is 0 Å². The van der Waals surface area contributed by atoms with Crippen molar-refractivity contribution in [2.75, 3.05) is 55.9 Å². The van der Waals surface area contributed by atoms with Crippen LogP contribution in [0.2, 0.25) is 0 Å². The molecule has 1 aromatic carbocycles. The molecule has 132 valence electrons. The standard InChI is InChI=1S/C17H22N6O2/c1-22-7-9-23(10-8-22)16-18-11-13(12-19-16)20-17(24)21-14-5-3-4-6-15(14)25-2/h3-6,11-12H,7-10H2,1-2H3,(H2,20,21,24). The number of hydrogen-bond acceptors (Lipinski definition) is 6. The summed E-state index contributed by atoms with van der Waals surface area (Å²) in [5.41, 5.74) is 1.13. The van der Waals surface area contributed by atoms with Gasteiger partial charge in [0.15, 0.2) is 0 Å². The SMILES string of the molecule is COc1ccccc1NC(=O)Nc1cnc(N2CCN(C)CC2)nc1. The molecule has 2 aromatic rings. The number of urea groups is 1. The molecule has 0 saturated carbocycles. The molecule has 2 amide bonds. The van der Waals surface area contributed by atoms with Gasteiger partial charge in [-0.15, -0.1) is 0 Å². The maximum absolute atomic E-state index is 12.1. The fourth-order valence-electron chi connectivity index (χ4n) is 2.59. The highest BCUT2D eigenvalue weighted by Gasteiger charge is 2.16. The fourth-order valence-corrected chi connectivity index (χ4v) is 2.59. The van der Waals surface area contributed by atoms with Crippen LogP contribution in [-0.4, -0.2) is 61.2 Å². The van der Waals surface area contributed by atoms with Gasteiger partial charge in [0.1, 0.15) is 5.75 Å². The summed E-state index contributed by atoms with van der Waals surface area (Å²) in [6, 6.07) is 6.84. The van der Waals surface area contributed by atoms with E-state index >= 15 is 0 Å². The molecule has 1 saturated heterocycles. The van der Waals surface area contributed by atoms with Crippen molar-refractivity contribution in [2.24, 2.45) is 0 Å². The van der Waals surface area contributed by atoms with Crippen LogP contribution >= 0.6 is 0 Å². The van der Waals surface area contributed by atoms with Crippen LogP contribution in [0.4, 0.5) is 22.1 Å². The van der Waals surface area contributed by atoms with Crippen molar-refractivity contribution in [1.82, 2.24) is 14.9 Å². The van der Waals surface area contributed by atoms with Crippen LogP contribution in [-0.2, 0) is 0 Å². The largest absolute Gasteiger partial charge is 0.495 e. The normalized spacial score (nSPS) is 14.9. The van der Waals surface area contributed by atoms with E-state index in [0.29, 0.717) is 23.1 Å². The number of ether oxygens (including phenoxy) is 1. The number of carbonyl (C=O) groups is 1. The van der Waals surface area contributed by atoms with Gasteiger partial charge in [-0.25, -0.2) is 14.8 Å². The minimum atomic E-state index is -0.375. The zero-order valence-corrected chi connectivity index (χ0v) is 14.4. The van der Waals surface area contributed by atoms with Crippen molar-refractivity contribution >= 4 is 23.4 Å². The summed E-state index contributed by atoms with van der Waals surface area (Å²) in [7, 11) is 3.66. The molecule has 2 N–H and O–H groups in total. The Bertz CT molecular complexity index is 713. The van der Waals surface area contributed by atoms with Gasteiger partial charge in [0.05, 0.1) is 30.9 Å². The van der Waals surface area contributed by atoms with E-state index in [1.807, 2.05) is 12.1 Å². The summed E-state index contributed by atoms with van der Waals surface area (Å²) < 4.78 is 5.21. The fraction of sp³-hybridized carbons (Fsp3) is 0.353. The van der Waals surface area contributed by atoms with Crippen molar-refractivity contribution < 1.29 is 9.53 Å². The topological polar surface area (TPSA) is 82.6 Å². The highest BCUT2D eigenvalue weighted by Crippen LogP contribution is 2.23. The molecule has 3 rings (SSSR count). The Kier molecular flexibility index (Phi) is 5.30. The van der Waals surface area contributed by atoms with E-state index in [1.165, 1.54) is 0 Å². The van der Waals surface area contributed by atoms with E-state index in [0.717, 1.165) is 26.2 Å². The lowest BCUT2D eigenvalue weighted by Crippen LogP contribution is -2.45. The number of benzene rings is 1. The molecule has 8 nitrogen and oxygen atoms in total. The molecule has 0 atom stereocenters. The van der Waals surface area contributed by atoms with Crippen molar-refractivity contribution in [3.8, 4) is 5.75 Å². The Morgan fingerprint density at radius 3 is 2.44 bits per heavy atom. The van der Waals surface area contributed by atoms with E-state index < -0.39 is 0 Å². The monoisotopic (exact) mass is 342 g/mol. The lowest BCUT2D eigenvalue weighted by molar-refractivity contribution is 0.262. The summed E-state index contributed by atoms with van der Waals surface area (Å²) in [6.45, 7) is 3.78. The molecule has 1 aliphatic rings. The van der Waals surface area contributed by atoms with Crippen LogP contribution in [0.1, 0.15) is 0 Å². The first-order valence-electron chi connectivity index (χ1n) is 8.12. The second kappa shape index (κ2) is 7.80. The van der Waals surface area contributed by atoms with Gasteiger partial charge in [0, 0.05) is 26.2 Å². The number of para-hydroxylation sites is 2. The Morgan fingerprint density at radius 2 is 1.76 bits per heavy atom. The number of anilines is 3. The molecule has 0 aliphatic carbocycles. The molecule has 0 unspecified atom stereocenters. The summed E-state index contributed by atoms with van der Waals surface area (Å²) in [5.74, 6) is 1.28. The molecule has 2 heterocycles. The summed E-state index contributed by atoms with van der Waals surface area (Å²) in [6.07, 6.45) is 3.23. The average Bonchev–Trinajstić information content (AvgIpc) is 2.63. The van der Waals surface area contributed by atoms with E-state index in [-0.39, 0.29) is 6.03 Å². The van der Waals surface area contributed by atoms with Gasteiger partial charge in [-0.3, -0.25) is 0 Å². The molecule has 8 heteroatoms. The summed E-state index contributed by atoms with van der Waals surface area (Å²) in [5, 5.41) is 5.47. The second-order valence-electron chi connectivity index (χ2n) is 5.84. The predicted molar refractivity (Wildman–Crippen MR) is 97.4 cm³/mol. The number of amides is 2. The highest BCUT2D eigenvalue weighted by atomic mass is 16.5. The quantitative estimate of drug-likeness (QED) is 0.883. The molecule has 0 spiro atoms. The minimum Gasteiger partial charge on any atom is -0.495 e. The van der Waals surface area contributed by atoms with Gasteiger partial charge in [0.2, 0.25) is 5.95 Å². The maximum atomic E-state index is 12.1. The van der Waals surface area contributed by atoms with Crippen LogP contribution in [0, 0.1) is 0 Å².